The zero-order valence-electron chi connectivity index (χ0n) is 11.2. The number of fused-ring (bicyclic) bond motifs is 2. The van der Waals surface area contributed by atoms with Crippen LogP contribution < -0.4 is 10.6 Å². The molecule has 0 amide bonds. The topological polar surface area (TPSA) is 45.4 Å². The van der Waals surface area contributed by atoms with Crippen LogP contribution in [-0.4, -0.2) is 42.1 Å². The number of hydrogen-bond acceptors (Lipinski definition) is 5. The number of anilines is 1. The lowest BCUT2D eigenvalue weighted by Gasteiger charge is -2.25. The molecule has 1 aromatic heterocycles. The van der Waals surface area contributed by atoms with E-state index in [-0.39, 0.29) is 6.04 Å². The zero-order valence-corrected chi connectivity index (χ0v) is 12.0. The minimum Gasteiger partial charge on any atom is -0.346 e. The van der Waals surface area contributed by atoms with Crippen molar-refractivity contribution in [1.82, 2.24) is 9.88 Å². The molecule has 5 heteroatoms. The van der Waals surface area contributed by atoms with Gasteiger partial charge in [0.2, 0.25) is 0 Å². The van der Waals surface area contributed by atoms with Crippen molar-refractivity contribution in [3.05, 3.63) is 11.1 Å². The Morgan fingerprint density at radius 1 is 1.39 bits per heavy atom. The van der Waals surface area contributed by atoms with Gasteiger partial charge in [0.1, 0.15) is 0 Å². The average molecular weight is 266 g/mol. The molecule has 3 atom stereocenters. The van der Waals surface area contributed by atoms with Crippen molar-refractivity contribution in [3.8, 4) is 0 Å². The first-order chi connectivity index (χ1) is 8.65. The molecule has 0 spiro atoms. The minimum absolute atomic E-state index is 0.0427. The molecule has 2 bridgehead atoms. The first-order valence-electron chi connectivity index (χ1n) is 6.83. The first-order valence-corrected chi connectivity index (χ1v) is 7.71. The van der Waals surface area contributed by atoms with Gasteiger partial charge in [-0.1, -0.05) is 0 Å². The molecule has 3 heterocycles. The molecule has 0 aromatic carbocycles. The zero-order chi connectivity index (χ0) is 12.7. The van der Waals surface area contributed by atoms with Crippen molar-refractivity contribution < 1.29 is 0 Å². The molecule has 0 radical (unpaired) electrons. The predicted octanol–water partition coefficient (Wildman–Crippen LogP) is 1.84. The monoisotopic (exact) mass is 266 g/mol. The van der Waals surface area contributed by atoms with Gasteiger partial charge in [0.05, 0.1) is 5.69 Å². The van der Waals surface area contributed by atoms with Crippen molar-refractivity contribution in [1.29, 1.82) is 0 Å². The second kappa shape index (κ2) is 4.79. The summed E-state index contributed by atoms with van der Waals surface area (Å²) in [4.78, 5) is 9.71. The van der Waals surface area contributed by atoms with E-state index in [0.29, 0.717) is 6.04 Å². The van der Waals surface area contributed by atoms with Gasteiger partial charge in [0, 0.05) is 36.6 Å². The van der Waals surface area contributed by atoms with Gasteiger partial charge in [-0.15, -0.1) is 11.3 Å². The molecule has 2 fully saturated rings. The van der Waals surface area contributed by atoms with E-state index in [9.17, 15) is 0 Å². The number of hydrogen-bond donors (Lipinski definition) is 1. The van der Waals surface area contributed by atoms with Crippen LogP contribution >= 0.6 is 11.3 Å². The Kier molecular flexibility index (Phi) is 3.30. The summed E-state index contributed by atoms with van der Waals surface area (Å²) in [6.45, 7) is 4.26. The van der Waals surface area contributed by atoms with E-state index in [0.717, 1.165) is 30.0 Å². The SMILES string of the molecule is CC(N)c1csc(N2CCC3CCC(C2)N3C)n1. The van der Waals surface area contributed by atoms with Crippen molar-refractivity contribution in [3.63, 3.8) is 0 Å². The fraction of sp³-hybridized carbons (Fsp3) is 0.769. The van der Waals surface area contributed by atoms with E-state index in [1.165, 1.54) is 19.3 Å². The summed E-state index contributed by atoms with van der Waals surface area (Å²) in [6, 6.07) is 1.54. The Bertz CT molecular complexity index is 417. The van der Waals surface area contributed by atoms with Gasteiger partial charge in [-0.05, 0) is 33.2 Å². The van der Waals surface area contributed by atoms with Gasteiger partial charge in [-0.2, -0.15) is 0 Å². The maximum atomic E-state index is 5.89. The summed E-state index contributed by atoms with van der Waals surface area (Å²) in [7, 11) is 2.28. The third kappa shape index (κ3) is 2.15. The molecule has 0 saturated carbocycles. The van der Waals surface area contributed by atoms with Gasteiger partial charge in [-0.3, -0.25) is 4.90 Å². The highest BCUT2D eigenvalue weighted by Crippen LogP contribution is 2.32. The maximum absolute atomic E-state index is 5.89. The summed E-state index contributed by atoms with van der Waals surface area (Å²) in [6.07, 6.45) is 3.97. The van der Waals surface area contributed by atoms with E-state index < -0.39 is 0 Å². The summed E-state index contributed by atoms with van der Waals surface area (Å²) < 4.78 is 0. The fourth-order valence-corrected chi connectivity index (χ4v) is 4.08. The standard InChI is InChI=1S/C13H22N4S/c1-9(14)12-8-18-13(15-12)17-6-5-10-3-4-11(7-17)16(10)2/h8-11H,3-7,14H2,1-2H3. The fourth-order valence-electron chi connectivity index (χ4n) is 3.11. The van der Waals surface area contributed by atoms with Crippen LogP contribution in [0.15, 0.2) is 5.38 Å². The molecule has 3 rings (SSSR count). The Balaban J connectivity index is 1.76. The van der Waals surface area contributed by atoms with Crippen LogP contribution in [0.5, 0.6) is 0 Å². The third-order valence-corrected chi connectivity index (χ3v) is 5.31. The van der Waals surface area contributed by atoms with Crippen molar-refractivity contribution >= 4 is 16.5 Å². The molecule has 3 unspecified atom stereocenters. The summed E-state index contributed by atoms with van der Waals surface area (Å²) in [5, 5.41) is 3.26. The minimum atomic E-state index is 0.0427. The lowest BCUT2D eigenvalue weighted by molar-refractivity contribution is 0.254. The van der Waals surface area contributed by atoms with Crippen molar-refractivity contribution in [2.75, 3.05) is 25.0 Å². The highest BCUT2D eigenvalue weighted by molar-refractivity contribution is 7.13. The average Bonchev–Trinajstić information content (AvgIpc) is 2.86. The van der Waals surface area contributed by atoms with E-state index in [2.05, 4.69) is 27.2 Å². The number of likely N-dealkylation sites (N-methyl/N-ethyl adjacent to an activating group) is 1. The first kappa shape index (κ1) is 12.4. The maximum Gasteiger partial charge on any atom is 0.185 e. The molecule has 2 N–H and O–H groups in total. The molecule has 0 aliphatic carbocycles. The number of rotatable bonds is 2. The molecule has 2 saturated heterocycles. The Morgan fingerprint density at radius 2 is 2.17 bits per heavy atom. The second-order valence-corrected chi connectivity index (χ2v) is 6.47. The van der Waals surface area contributed by atoms with Crippen LogP contribution in [0.4, 0.5) is 5.13 Å². The van der Waals surface area contributed by atoms with Crippen LogP contribution in [0.3, 0.4) is 0 Å². The lowest BCUT2D eigenvalue weighted by atomic mass is 10.1. The largest absolute Gasteiger partial charge is 0.346 e. The van der Waals surface area contributed by atoms with E-state index >= 15 is 0 Å². The number of thiazole rings is 1. The van der Waals surface area contributed by atoms with Gasteiger partial charge in [-0.25, -0.2) is 4.98 Å². The number of aromatic nitrogens is 1. The summed E-state index contributed by atoms with van der Waals surface area (Å²) >= 11 is 1.74. The van der Waals surface area contributed by atoms with Crippen LogP contribution in [0.1, 0.15) is 37.9 Å². The highest BCUT2D eigenvalue weighted by Gasteiger charge is 2.35. The summed E-state index contributed by atoms with van der Waals surface area (Å²) in [5.41, 5.74) is 6.91. The van der Waals surface area contributed by atoms with Gasteiger partial charge >= 0.3 is 0 Å². The second-order valence-electron chi connectivity index (χ2n) is 5.63. The predicted molar refractivity (Wildman–Crippen MR) is 76.1 cm³/mol. The smallest absolute Gasteiger partial charge is 0.185 e. The van der Waals surface area contributed by atoms with Crippen molar-refractivity contribution in [2.24, 2.45) is 5.73 Å². The third-order valence-electron chi connectivity index (χ3n) is 4.40. The Labute approximate surface area is 113 Å². The van der Waals surface area contributed by atoms with Gasteiger partial charge in [0.25, 0.3) is 0 Å². The summed E-state index contributed by atoms with van der Waals surface area (Å²) in [5.74, 6) is 0. The molecule has 2 aliphatic heterocycles. The van der Waals surface area contributed by atoms with Crippen LogP contribution in [-0.2, 0) is 0 Å². The molecular formula is C13H22N4S. The Morgan fingerprint density at radius 3 is 2.89 bits per heavy atom. The number of nitrogens with two attached hydrogens (primary N) is 1. The van der Waals surface area contributed by atoms with Gasteiger partial charge in [0.15, 0.2) is 5.13 Å². The van der Waals surface area contributed by atoms with E-state index in [4.69, 9.17) is 5.73 Å². The lowest BCUT2D eigenvalue weighted by Crippen LogP contribution is -2.36. The van der Waals surface area contributed by atoms with Crippen LogP contribution in [0.2, 0.25) is 0 Å². The van der Waals surface area contributed by atoms with Crippen molar-refractivity contribution in [2.45, 2.75) is 44.3 Å². The molecule has 2 aliphatic rings. The van der Waals surface area contributed by atoms with Gasteiger partial charge < -0.3 is 10.6 Å². The molecular weight excluding hydrogens is 244 g/mol. The van der Waals surface area contributed by atoms with Crippen LogP contribution in [0.25, 0.3) is 0 Å². The molecule has 100 valence electrons. The normalized spacial score (nSPS) is 30.5. The molecule has 4 nitrogen and oxygen atoms in total. The quantitative estimate of drug-likeness (QED) is 0.887. The highest BCUT2D eigenvalue weighted by atomic mass is 32.1. The van der Waals surface area contributed by atoms with E-state index in [1.807, 2.05) is 6.92 Å². The van der Waals surface area contributed by atoms with E-state index in [1.54, 1.807) is 11.3 Å². The Hall–Kier alpha value is -0.650. The molecule has 1 aromatic rings. The number of nitrogens with zero attached hydrogens (tertiary/aromatic N) is 3. The van der Waals surface area contributed by atoms with Crippen LogP contribution in [0, 0.1) is 0 Å². The molecule has 18 heavy (non-hydrogen) atoms.